The number of alkyl halides is 2. The minimum Gasteiger partial charge on any atom is -0.485 e. The minimum absolute atomic E-state index is 0.465. The molecule has 3 heteroatoms. The Balaban J connectivity index is 2.58. The van der Waals surface area contributed by atoms with Crippen LogP contribution in [-0.2, 0) is 0 Å². The van der Waals surface area contributed by atoms with E-state index in [9.17, 15) is 8.78 Å². The maximum Gasteiger partial charge on any atom is 0.155 e. The Morgan fingerprint density at radius 2 is 1.69 bits per heavy atom. The van der Waals surface area contributed by atoms with Gasteiger partial charge in [0.2, 0.25) is 0 Å². The molecule has 0 amide bonds. The maximum atomic E-state index is 12.0. The Labute approximate surface area is 76.3 Å². The molecule has 0 saturated carbocycles. The number of rotatable bonds is 4. The van der Waals surface area contributed by atoms with Crippen LogP contribution in [0.2, 0.25) is 0 Å². The number of benzene rings is 1. The van der Waals surface area contributed by atoms with E-state index in [1.807, 2.05) is 0 Å². The molecule has 0 aromatic heterocycles. The van der Waals surface area contributed by atoms with Gasteiger partial charge in [-0.3, -0.25) is 0 Å². The van der Waals surface area contributed by atoms with Crippen molar-refractivity contribution < 1.29 is 13.5 Å². The van der Waals surface area contributed by atoms with Crippen molar-refractivity contribution in [3.63, 3.8) is 0 Å². The van der Waals surface area contributed by atoms with Crippen LogP contribution in [0.15, 0.2) is 24.3 Å². The molecule has 0 aliphatic rings. The lowest BCUT2D eigenvalue weighted by molar-refractivity contribution is 0.133. The number of ether oxygens (including phenoxy) is 1. The average Bonchev–Trinajstić information content (AvgIpc) is 2.17. The maximum absolute atomic E-state index is 12.0. The van der Waals surface area contributed by atoms with E-state index in [1.54, 1.807) is 24.3 Å². The fourth-order valence-electron chi connectivity index (χ4n) is 0.865. The molecular formula is C10H11F2O. The molecular weight excluding hydrogens is 174 g/mol. The van der Waals surface area contributed by atoms with Gasteiger partial charge >= 0.3 is 0 Å². The van der Waals surface area contributed by atoms with Crippen LogP contribution in [0.3, 0.4) is 0 Å². The number of hydrogen-bond donors (Lipinski definition) is 0. The highest BCUT2D eigenvalue weighted by Crippen LogP contribution is 2.13. The molecule has 1 nitrogen and oxygen atoms in total. The van der Waals surface area contributed by atoms with Gasteiger partial charge in [0.25, 0.3) is 0 Å². The SMILES string of the molecule is [CH2]c1ccc(OC(CF)CF)cc1. The summed E-state index contributed by atoms with van der Waals surface area (Å²) in [6.07, 6.45) is -0.990. The van der Waals surface area contributed by atoms with Crippen molar-refractivity contribution in [1.82, 2.24) is 0 Å². The van der Waals surface area contributed by atoms with Crippen LogP contribution in [-0.4, -0.2) is 19.5 Å². The van der Waals surface area contributed by atoms with Crippen molar-refractivity contribution in [2.75, 3.05) is 13.3 Å². The van der Waals surface area contributed by atoms with Crippen LogP contribution in [0.1, 0.15) is 5.56 Å². The molecule has 1 rings (SSSR count). The lowest BCUT2D eigenvalue weighted by Gasteiger charge is -2.12. The second kappa shape index (κ2) is 4.80. The van der Waals surface area contributed by atoms with E-state index in [2.05, 4.69) is 6.92 Å². The fourth-order valence-corrected chi connectivity index (χ4v) is 0.865. The van der Waals surface area contributed by atoms with E-state index in [0.717, 1.165) is 5.56 Å². The van der Waals surface area contributed by atoms with Gasteiger partial charge in [0.15, 0.2) is 6.10 Å². The second-order valence-electron chi connectivity index (χ2n) is 2.69. The number of halogens is 2. The highest BCUT2D eigenvalue weighted by atomic mass is 19.1. The topological polar surface area (TPSA) is 9.23 Å². The molecule has 0 bridgehead atoms. The molecule has 0 atom stereocenters. The second-order valence-corrected chi connectivity index (χ2v) is 2.69. The van der Waals surface area contributed by atoms with Crippen LogP contribution < -0.4 is 4.74 Å². The van der Waals surface area contributed by atoms with Crippen LogP contribution in [0, 0.1) is 6.92 Å². The molecule has 1 aromatic rings. The first-order chi connectivity index (χ1) is 6.26. The monoisotopic (exact) mass is 185 g/mol. The predicted octanol–water partition coefficient (Wildman–Crippen LogP) is 2.56. The third-order valence-electron chi connectivity index (χ3n) is 1.57. The summed E-state index contributed by atoms with van der Waals surface area (Å²) in [5, 5.41) is 0. The standard InChI is InChI=1S/C10H11F2O/c1-8-2-4-9(5-3-8)13-10(6-11)7-12/h2-5,10H,1,6-7H2. The summed E-state index contributed by atoms with van der Waals surface area (Å²) in [7, 11) is 0. The molecule has 0 aliphatic heterocycles. The quantitative estimate of drug-likeness (QED) is 0.700. The highest BCUT2D eigenvalue weighted by molar-refractivity contribution is 5.28. The van der Waals surface area contributed by atoms with Crippen molar-refractivity contribution in [1.29, 1.82) is 0 Å². The Hall–Kier alpha value is -1.12. The van der Waals surface area contributed by atoms with Gasteiger partial charge < -0.3 is 4.74 Å². The van der Waals surface area contributed by atoms with Crippen LogP contribution in [0.25, 0.3) is 0 Å². The molecule has 0 fully saturated rings. The van der Waals surface area contributed by atoms with Gasteiger partial charge in [-0.05, 0) is 24.6 Å². The van der Waals surface area contributed by atoms with Gasteiger partial charge in [-0.2, -0.15) is 0 Å². The van der Waals surface area contributed by atoms with E-state index in [-0.39, 0.29) is 0 Å². The van der Waals surface area contributed by atoms with E-state index in [1.165, 1.54) is 0 Å². The third-order valence-corrected chi connectivity index (χ3v) is 1.57. The summed E-state index contributed by atoms with van der Waals surface area (Å²) in [6.45, 7) is 2.04. The predicted molar refractivity (Wildman–Crippen MR) is 47.3 cm³/mol. The van der Waals surface area contributed by atoms with Crippen LogP contribution in [0.4, 0.5) is 8.78 Å². The summed E-state index contributed by atoms with van der Waals surface area (Å²) in [5.41, 5.74) is 0.837. The molecule has 1 radical (unpaired) electrons. The van der Waals surface area contributed by atoms with Gasteiger partial charge in [0.1, 0.15) is 19.1 Å². The fraction of sp³-hybridized carbons (Fsp3) is 0.300. The molecule has 0 aliphatic carbocycles. The molecule has 0 spiro atoms. The summed E-state index contributed by atoms with van der Waals surface area (Å²) >= 11 is 0. The lowest BCUT2D eigenvalue weighted by atomic mass is 10.2. The van der Waals surface area contributed by atoms with Gasteiger partial charge in [-0.15, -0.1) is 0 Å². The zero-order valence-corrected chi connectivity index (χ0v) is 7.17. The molecule has 0 heterocycles. The van der Waals surface area contributed by atoms with Crippen molar-refractivity contribution in [2.45, 2.75) is 6.10 Å². The Kier molecular flexibility index (Phi) is 3.68. The van der Waals surface area contributed by atoms with Gasteiger partial charge in [-0.25, -0.2) is 8.78 Å². The molecule has 1 aromatic carbocycles. The first-order valence-corrected chi connectivity index (χ1v) is 3.97. The van der Waals surface area contributed by atoms with E-state index < -0.39 is 19.5 Å². The largest absolute Gasteiger partial charge is 0.485 e. The molecule has 13 heavy (non-hydrogen) atoms. The lowest BCUT2D eigenvalue weighted by Crippen LogP contribution is -2.20. The van der Waals surface area contributed by atoms with Gasteiger partial charge in [0, 0.05) is 0 Å². The summed E-state index contributed by atoms with van der Waals surface area (Å²) < 4.78 is 29.1. The van der Waals surface area contributed by atoms with Crippen molar-refractivity contribution in [2.24, 2.45) is 0 Å². The van der Waals surface area contributed by atoms with Gasteiger partial charge in [-0.1, -0.05) is 12.1 Å². The molecule has 71 valence electrons. The first kappa shape index (κ1) is 9.96. The Morgan fingerprint density at radius 1 is 1.15 bits per heavy atom. The zero-order chi connectivity index (χ0) is 9.68. The summed E-state index contributed by atoms with van der Waals surface area (Å²) in [5.74, 6) is 0.465. The van der Waals surface area contributed by atoms with Crippen LogP contribution in [0.5, 0.6) is 5.75 Å². The Morgan fingerprint density at radius 3 is 2.15 bits per heavy atom. The van der Waals surface area contributed by atoms with Crippen LogP contribution >= 0.6 is 0 Å². The van der Waals surface area contributed by atoms with E-state index in [0.29, 0.717) is 5.75 Å². The smallest absolute Gasteiger partial charge is 0.155 e. The summed E-state index contributed by atoms with van der Waals surface area (Å²) in [6, 6.07) is 6.73. The molecule has 0 saturated heterocycles. The van der Waals surface area contributed by atoms with Crippen molar-refractivity contribution in [3.8, 4) is 5.75 Å². The number of hydrogen-bond acceptors (Lipinski definition) is 1. The molecule has 0 N–H and O–H groups in total. The van der Waals surface area contributed by atoms with Gasteiger partial charge in [0.05, 0.1) is 0 Å². The normalized spacial score (nSPS) is 10.5. The molecule has 0 unspecified atom stereocenters. The van der Waals surface area contributed by atoms with Crippen molar-refractivity contribution >= 4 is 0 Å². The summed E-state index contributed by atoms with van der Waals surface area (Å²) in [4.78, 5) is 0. The van der Waals surface area contributed by atoms with Crippen molar-refractivity contribution in [3.05, 3.63) is 36.8 Å². The third kappa shape index (κ3) is 3.01. The average molecular weight is 185 g/mol. The van der Waals surface area contributed by atoms with E-state index in [4.69, 9.17) is 4.74 Å². The Bertz CT molecular complexity index is 242. The first-order valence-electron chi connectivity index (χ1n) is 3.97. The minimum atomic E-state index is -0.990. The zero-order valence-electron chi connectivity index (χ0n) is 7.17. The van der Waals surface area contributed by atoms with E-state index >= 15 is 0 Å². The highest BCUT2D eigenvalue weighted by Gasteiger charge is 2.08.